The van der Waals surface area contributed by atoms with E-state index in [9.17, 15) is 4.79 Å². The fourth-order valence-electron chi connectivity index (χ4n) is 2.74. The van der Waals surface area contributed by atoms with Gasteiger partial charge in [-0.1, -0.05) is 71.1 Å². The van der Waals surface area contributed by atoms with Crippen LogP contribution in [0.2, 0.25) is 0 Å². The van der Waals surface area contributed by atoms with E-state index in [2.05, 4.69) is 12.2 Å². The summed E-state index contributed by atoms with van der Waals surface area (Å²) in [4.78, 5) is 11.0. The number of rotatable bonds is 14. The lowest BCUT2D eigenvalue weighted by atomic mass is 10.1. The van der Waals surface area contributed by atoms with E-state index in [-0.39, 0.29) is 0 Å². The first-order chi connectivity index (χ1) is 11.2. The maximum Gasteiger partial charge on any atom is 0.252 e. The van der Waals surface area contributed by atoms with Crippen LogP contribution in [-0.4, -0.2) is 11.8 Å². The number of anilines is 1. The summed E-state index contributed by atoms with van der Waals surface area (Å²) in [5, 5.41) is 2.99. The smallest absolute Gasteiger partial charge is 0.252 e. The van der Waals surface area contributed by atoms with E-state index in [1.807, 2.05) is 12.1 Å². The number of hydrogen-bond acceptors (Lipinski definition) is 2. The number of nitrogens with one attached hydrogen (secondary N) is 1. The van der Waals surface area contributed by atoms with Crippen molar-refractivity contribution >= 4 is 22.5 Å². The summed E-state index contributed by atoms with van der Waals surface area (Å²) in [6.45, 7) is 3.26. The summed E-state index contributed by atoms with van der Waals surface area (Å²) < 4.78 is 0. The van der Waals surface area contributed by atoms with E-state index in [0.717, 1.165) is 12.2 Å². The Kier molecular flexibility index (Phi) is 11.7. The van der Waals surface area contributed by atoms with Gasteiger partial charge in [-0.05, 0) is 42.3 Å². The minimum absolute atomic E-state index is 0.401. The largest absolute Gasteiger partial charge is 0.385 e. The summed E-state index contributed by atoms with van der Waals surface area (Å²) >= 11 is 5.43. The molecule has 0 amide bonds. The van der Waals surface area contributed by atoms with Crippen LogP contribution >= 0.6 is 11.6 Å². The van der Waals surface area contributed by atoms with Crippen molar-refractivity contribution in [3.8, 4) is 0 Å². The summed E-state index contributed by atoms with van der Waals surface area (Å²) in [6, 6.07) is 7.35. The van der Waals surface area contributed by atoms with Crippen molar-refractivity contribution in [3.05, 3.63) is 29.8 Å². The molecule has 0 bridgehead atoms. The van der Waals surface area contributed by atoms with Crippen LogP contribution in [0, 0.1) is 0 Å². The predicted octanol–water partition coefficient (Wildman–Crippen LogP) is 6.79. The van der Waals surface area contributed by atoms with E-state index in [0.29, 0.717) is 5.56 Å². The quantitative estimate of drug-likeness (QED) is 0.299. The standard InChI is InChI=1S/C20H32ClNO/c1-2-3-4-5-6-7-8-9-10-11-12-17-22-19-15-13-18(14-16-19)20(21)23/h13-16,22H,2-12,17H2,1H3. The predicted molar refractivity (Wildman–Crippen MR) is 102 cm³/mol. The van der Waals surface area contributed by atoms with Gasteiger partial charge < -0.3 is 5.32 Å². The molecule has 0 aliphatic carbocycles. The number of benzene rings is 1. The van der Waals surface area contributed by atoms with Crippen molar-refractivity contribution < 1.29 is 4.79 Å². The fraction of sp³-hybridized carbons (Fsp3) is 0.650. The lowest BCUT2D eigenvalue weighted by Crippen LogP contribution is -2.01. The summed E-state index contributed by atoms with van der Waals surface area (Å²) in [6.07, 6.45) is 15.0. The minimum atomic E-state index is -0.401. The van der Waals surface area contributed by atoms with Crippen LogP contribution in [0.4, 0.5) is 5.69 Å². The molecule has 1 rings (SSSR count). The molecule has 0 radical (unpaired) electrons. The molecule has 1 aromatic carbocycles. The van der Waals surface area contributed by atoms with Gasteiger partial charge >= 0.3 is 0 Å². The Hall–Kier alpha value is -1.02. The molecule has 1 N–H and O–H groups in total. The highest BCUT2D eigenvalue weighted by Gasteiger charge is 2.00. The molecular weight excluding hydrogens is 306 g/mol. The number of carbonyl (C=O) groups is 1. The van der Waals surface area contributed by atoms with E-state index in [1.165, 1.54) is 70.6 Å². The molecule has 23 heavy (non-hydrogen) atoms. The van der Waals surface area contributed by atoms with E-state index in [1.54, 1.807) is 12.1 Å². The average Bonchev–Trinajstić information content (AvgIpc) is 2.56. The van der Waals surface area contributed by atoms with E-state index < -0.39 is 5.24 Å². The lowest BCUT2D eigenvalue weighted by molar-refractivity contribution is 0.108. The SMILES string of the molecule is CCCCCCCCCCCCCNc1ccc(C(=O)Cl)cc1. The zero-order chi connectivity index (χ0) is 16.8. The third-order valence-corrected chi connectivity index (χ3v) is 4.44. The Bertz CT molecular complexity index is 416. The van der Waals surface area contributed by atoms with Crippen LogP contribution in [0.15, 0.2) is 24.3 Å². The number of carbonyl (C=O) groups excluding carboxylic acids is 1. The summed E-state index contributed by atoms with van der Waals surface area (Å²) in [5.74, 6) is 0. The molecule has 0 saturated heterocycles. The second-order valence-electron chi connectivity index (χ2n) is 6.31. The molecule has 0 saturated carbocycles. The van der Waals surface area contributed by atoms with Gasteiger partial charge in [0.15, 0.2) is 0 Å². The summed E-state index contributed by atoms with van der Waals surface area (Å²) in [5.41, 5.74) is 1.60. The van der Waals surface area contributed by atoms with Gasteiger partial charge in [0.2, 0.25) is 0 Å². The number of hydrogen-bond donors (Lipinski definition) is 1. The van der Waals surface area contributed by atoms with Crippen molar-refractivity contribution in [2.24, 2.45) is 0 Å². The van der Waals surface area contributed by atoms with Gasteiger partial charge in [-0.3, -0.25) is 4.79 Å². The number of halogens is 1. The first-order valence-corrected chi connectivity index (χ1v) is 9.65. The highest BCUT2D eigenvalue weighted by atomic mass is 35.5. The Labute approximate surface area is 147 Å². The van der Waals surface area contributed by atoms with Crippen LogP contribution in [-0.2, 0) is 0 Å². The lowest BCUT2D eigenvalue weighted by Gasteiger charge is -2.07. The molecule has 0 aromatic heterocycles. The van der Waals surface area contributed by atoms with Crippen LogP contribution in [0.25, 0.3) is 0 Å². The third kappa shape index (κ3) is 10.4. The van der Waals surface area contributed by atoms with Gasteiger partial charge in [0.25, 0.3) is 5.24 Å². The van der Waals surface area contributed by atoms with Crippen LogP contribution in [0.3, 0.4) is 0 Å². The van der Waals surface area contributed by atoms with E-state index >= 15 is 0 Å². The number of unbranched alkanes of at least 4 members (excludes halogenated alkanes) is 10. The molecule has 0 aliphatic heterocycles. The summed E-state index contributed by atoms with van der Waals surface area (Å²) in [7, 11) is 0. The van der Waals surface area contributed by atoms with Crippen molar-refractivity contribution in [1.29, 1.82) is 0 Å². The third-order valence-electron chi connectivity index (χ3n) is 4.22. The highest BCUT2D eigenvalue weighted by molar-refractivity contribution is 6.67. The Balaban J connectivity index is 1.90. The first-order valence-electron chi connectivity index (χ1n) is 9.28. The molecular formula is C20H32ClNO. The van der Waals surface area contributed by atoms with Gasteiger partial charge in [0.05, 0.1) is 0 Å². The molecule has 3 heteroatoms. The molecule has 0 unspecified atom stereocenters. The minimum Gasteiger partial charge on any atom is -0.385 e. The van der Waals surface area contributed by atoms with Crippen molar-refractivity contribution in [1.82, 2.24) is 0 Å². The monoisotopic (exact) mass is 337 g/mol. The zero-order valence-electron chi connectivity index (χ0n) is 14.6. The molecule has 0 fully saturated rings. The molecule has 0 atom stereocenters. The fourth-order valence-corrected chi connectivity index (χ4v) is 2.87. The molecule has 1 aromatic rings. The first kappa shape index (κ1) is 20.0. The van der Waals surface area contributed by atoms with Gasteiger partial charge in [0.1, 0.15) is 0 Å². The Morgan fingerprint density at radius 3 is 1.78 bits per heavy atom. The second kappa shape index (κ2) is 13.4. The van der Waals surface area contributed by atoms with Gasteiger partial charge in [-0.2, -0.15) is 0 Å². The van der Waals surface area contributed by atoms with Gasteiger partial charge in [-0.25, -0.2) is 0 Å². The Morgan fingerprint density at radius 2 is 1.30 bits per heavy atom. The topological polar surface area (TPSA) is 29.1 Å². The van der Waals surface area contributed by atoms with Crippen LogP contribution in [0.1, 0.15) is 87.9 Å². The molecule has 0 spiro atoms. The maximum atomic E-state index is 11.0. The second-order valence-corrected chi connectivity index (χ2v) is 6.66. The molecule has 130 valence electrons. The maximum absolute atomic E-state index is 11.0. The molecule has 0 heterocycles. The normalized spacial score (nSPS) is 10.7. The average molecular weight is 338 g/mol. The Morgan fingerprint density at radius 1 is 0.826 bits per heavy atom. The van der Waals surface area contributed by atoms with Crippen LogP contribution < -0.4 is 5.32 Å². The van der Waals surface area contributed by atoms with E-state index in [4.69, 9.17) is 11.6 Å². The van der Waals surface area contributed by atoms with Crippen LogP contribution in [0.5, 0.6) is 0 Å². The molecule has 2 nitrogen and oxygen atoms in total. The van der Waals surface area contributed by atoms with Gasteiger partial charge in [0, 0.05) is 17.8 Å². The van der Waals surface area contributed by atoms with Gasteiger partial charge in [-0.15, -0.1) is 0 Å². The van der Waals surface area contributed by atoms with Crippen molar-refractivity contribution in [2.75, 3.05) is 11.9 Å². The van der Waals surface area contributed by atoms with Crippen molar-refractivity contribution in [3.63, 3.8) is 0 Å². The van der Waals surface area contributed by atoms with Crippen molar-refractivity contribution in [2.45, 2.75) is 77.6 Å². The molecule has 0 aliphatic rings. The highest BCUT2D eigenvalue weighted by Crippen LogP contribution is 2.13. The zero-order valence-corrected chi connectivity index (χ0v) is 15.3.